The van der Waals surface area contributed by atoms with Gasteiger partial charge in [-0.1, -0.05) is 122 Å². The van der Waals surface area contributed by atoms with Crippen molar-refractivity contribution in [3.8, 4) is 28.4 Å². The van der Waals surface area contributed by atoms with E-state index in [1.165, 1.54) is 14.2 Å². The van der Waals surface area contributed by atoms with Crippen LogP contribution in [0.2, 0.25) is 0 Å². The van der Waals surface area contributed by atoms with Gasteiger partial charge in [0.25, 0.3) is 5.91 Å². The summed E-state index contributed by atoms with van der Waals surface area (Å²) in [7, 11) is 2.99. The number of allylic oxidation sites excluding steroid dienone is 1. The number of methoxy groups -OCH3 is 2. The van der Waals surface area contributed by atoms with Crippen LogP contribution in [0.3, 0.4) is 0 Å². The fraction of sp³-hybridized carbons (Fsp3) is 0.234. The molecule has 0 bridgehead atoms. The number of hydrazine groups is 1. The van der Waals surface area contributed by atoms with E-state index in [1.807, 2.05) is 91.0 Å². The number of esters is 1. The van der Waals surface area contributed by atoms with E-state index in [2.05, 4.69) is 36.6 Å². The van der Waals surface area contributed by atoms with Crippen LogP contribution in [0.25, 0.3) is 11.1 Å². The number of rotatable bonds is 15. The molecule has 1 amide bonds. The lowest BCUT2D eigenvalue weighted by Crippen LogP contribution is -2.67. The molecule has 3 unspecified atom stereocenters. The fourth-order valence-corrected chi connectivity index (χ4v) is 7.54. The number of ether oxygens (including phenoxy) is 4. The number of hydrogen-bond donors (Lipinski definition) is 3. The maximum Gasteiger partial charge on any atom is 0.353 e. The van der Waals surface area contributed by atoms with E-state index in [9.17, 15) is 9.59 Å². The van der Waals surface area contributed by atoms with Gasteiger partial charge in [-0.05, 0) is 64.1 Å². The molecule has 10 heteroatoms. The zero-order valence-corrected chi connectivity index (χ0v) is 32.4. The molecule has 57 heavy (non-hydrogen) atoms. The second kappa shape index (κ2) is 16.9. The maximum absolute atomic E-state index is 14.9. The Morgan fingerprint density at radius 3 is 2.09 bits per heavy atom. The number of nitrogens with zero attached hydrogens (tertiary/aromatic N) is 1. The monoisotopic (exact) mass is 764 g/mol. The summed E-state index contributed by atoms with van der Waals surface area (Å²) < 4.78 is 23.5. The molecular formula is C47H48N4O6. The van der Waals surface area contributed by atoms with Crippen molar-refractivity contribution < 1.29 is 28.5 Å². The summed E-state index contributed by atoms with van der Waals surface area (Å²) in [6.07, 6.45) is 6.79. The maximum atomic E-state index is 14.9. The van der Waals surface area contributed by atoms with Gasteiger partial charge in [-0.25, -0.2) is 15.2 Å². The third-order valence-electron chi connectivity index (χ3n) is 10.8. The first kappa shape index (κ1) is 39.1. The Bertz CT molecular complexity index is 2230. The molecule has 2 aliphatic carbocycles. The molecule has 5 aromatic carbocycles. The van der Waals surface area contributed by atoms with E-state index in [0.29, 0.717) is 17.9 Å². The molecule has 0 saturated carbocycles. The van der Waals surface area contributed by atoms with Crippen molar-refractivity contribution in [2.45, 2.75) is 31.0 Å². The minimum absolute atomic E-state index is 0.0253. The van der Waals surface area contributed by atoms with E-state index >= 15 is 0 Å². The van der Waals surface area contributed by atoms with Crippen LogP contribution >= 0.6 is 0 Å². The van der Waals surface area contributed by atoms with Gasteiger partial charge < -0.3 is 24.7 Å². The number of hydrogen-bond acceptors (Lipinski definition) is 9. The van der Waals surface area contributed by atoms with E-state index < -0.39 is 29.6 Å². The van der Waals surface area contributed by atoms with Gasteiger partial charge in [0, 0.05) is 29.5 Å². The predicted octanol–water partition coefficient (Wildman–Crippen LogP) is 7.18. The lowest BCUT2D eigenvalue weighted by molar-refractivity contribution is -0.171. The highest BCUT2D eigenvalue weighted by atomic mass is 16.5. The molecule has 0 spiro atoms. The fourth-order valence-electron chi connectivity index (χ4n) is 7.54. The number of carbonyl (C=O) groups excluding carboxylic acids is 2. The summed E-state index contributed by atoms with van der Waals surface area (Å²) in [5, 5.41) is 1.13. The number of amides is 1. The van der Waals surface area contributed by atoms with E-state index in [0.717, 1.165) is 38.4 Å². The summed E-state index contributed by atoms with van der Waals surface area (Å²) in [5.41, 5.74) is 20.9. The van der Waals surface area contributed by atoms with Crippen molar-refractivity contribution in [2.24, 2.45) is 16.9 Å². The molecule has 0 heterocycles. The Hall–Kier alpha value is -6.20. The number of benzene rings is 5. The number of nitrogens with two attached hydrogens (primary N) is 2. The second-order valence-electron chi connectivity index (χ2n) is 14.6. The first-order valence-electron chi connectivity index (χ1n) is 19.0. The van der Waals surface area contributed by atoms with Gasteiger partial charge >= 0.3 is 5.97 Å². The molecule has 2 aliphatic rings. The number of carbonyl (C=O) groups is 2. The molecule has 0 aliphatic heterocycles. The lowest BCUT2D eigenvalue weighted by atomic mass is 9.80. The SMILES string of the molecule is COc1ccc(C(N)(C(=O)OCC2c3ccccc3-c3ccccc32)N(NCC2(C)C=CC(C(N)c3ccccc3)=CC2)C(=O)COc2ccccc2)c(OC)c1. The molecule has 0 fully saturated rings. The second-order valence-corrected chi connectivity index (χ2v) is 14.6. The van der Waals surface area contributed by atoms with Crippen LogP contribution in [-0.2, 0) is 20.0 Å². The van der Waals surface area contributed by atoms with Gasteiger partial charge in [0.15, 0.2) is 6.61 Å². The van der Waals surface area contributed by atoms with Crippen LogP contribution in [0.15, 0.2) is 151 Å². The van der Waals surface area contributed by atoms with Gasteiger partial charge in [0.05, 0.1) is 20.3 Å². The highest BCUT2D eigenvalue weighted by Crippen LogP contribution is 2.45. The third kappa shape index (κ3) is 8.06. The van der Waals surface area contributed by atoms with Gasteiger partial charge in [0.1, 0.15) is 23.9 Å². The number of fused-ring (bicyclic) bond motifs is 3. The van der Waals surface area contributed by atoms with Crippen molar-refractivity contribution in [2.75, 3.05) is 34.0 Å². The summed E-state index contributed by atoms with van der Waals surface area (Å²) >= 11 is 0. The predicted molar refractivity (Wildman–Crippen MR) is 220 cm³/mol. The zero-order chi connectivity index (χ0) is 40.0. The molecule has 5 N–H and O–H groups in total. The summed E-state index contributed by atoms with van der Waals surface area (Å²) in [4.78, 5) is 29.5. The zero-order valence-electron chi connectivity index (χ0n) is 32.4. The Labute approximate surface area is 333 Å². The quantitative estimate of drug-likeness (QED) is 0.0575. The first-order valence-corrected chi connectivity index (χ1v) is 19.0. The molecule has 5 aromatic rings. The van der Waals surface area contributed by atoms with Crippen LogP contribution in [0.1, 0.15) is 47.6 Å². The smallest absolute Gasteiger partial charge is 0.353 e. The molecular weight excluding hydrogens is 717 g/mol. The van der Waals surface area contributed by atoms with Crippen molar-refractivity contribution in [1.29, 1.82) is 0 Å². The molecule has 0 radical (unpaired) electrons. The molecule has 10 nitrogen and oxygen atoms in total. The summed E-state index contributed by atoms with van der Waals surface area (Å²) in [5.74, 6) is -0.560. The van der Waals surface area contributed by atoms with Crippen LogP contribution in [0.5, 0.6) is 17.2 Å². The largest absolute Gasteiger partial charge is 0.497 e. The standard InChI is InChI=1S/C47H48N4O6/c1-46(26-24-33(25-27-46)44(48)32-14-6-4-7-15-32)31-50-51(43(52)30-56-34-16-8-5-9-17-34)47(49,41-23-22-35(54-2)28-42(41)55-3)45(53)57-29-40-38-20-12-10-18-36(38)37-19-11-13-21-39(37)40/h4-26,28,40,44,50H,27,29-31,48-49H2,1-3H3. The van der Waals surface area contributed by atoms with E-state index in [4.69, 9.17) is 30.4 Å². The Morgan fingerprint density at radius 2 is 1.47 bits per heavy atom. The van der Waals surface area contributed by atoms with Crippen LogP contribution in [0.4, 0.5) is 0 Å². The molecule has 3 atom stereocenters. The summed E-state index contributed by atoms with van der Waals surface area (Å²) in [6, 6.07) is 39.6. The number of para-hydroxylation sites is 1. The minimum Gasteiger partial charge on any atom is -0.497 e. The third-order valence-corrected chi connectivity index (χ3v) is 10.8. The normalized spacial score (nSPS) is 17.3. The van der Waals surface area contributed by atoms with Crippen molar-refractivity contribution >= 4 is 11.9 Å². The lowest BCUT2D eigenvalue weighted by Gasteiger charge is -2.41. The summed E-state index contributed by atoms with van der Waals surface area (Å²) in [6.45, 7) is 1.80. The van der Waals surface area contributed by atoms with E-state index in [-0.39, 0.29) is 36.4 Å². The van der Waals surface area contributed by atoms with Crippen LogP contribution < -0.4 is 31.1 Å². The highest BCUT2D eigenvalue weighted by Gasteiger charge is 2.50. The van der Waals surface area contributed by atoms with Gasteiger partial charge in [-0.2, -0.15) is 0 Å². The van der Waals surface area contributed by atoms with Gasteiger partial charge in [-0.15, -0.1) is 0 Å². The Kier molecular flexibility index (Phi) is 11.6. The molecule has 0 saturated heterocycles. The van der Waals surface area contributed by atoms with Crippen molar-refractivity contribution in [3.63, 3.8) is 0 Å². The highest BCUT2D eigenvalue weighted by molar-refractivity contribution is 5.90. The van der Waals surface area contributed by atoms with Crippen molar-refractivity contribution in [1.82, 2.24) is 10.4 Å². The molecule has 292 valence electrons. The van der Waals surface area contributed by atoms with Crippen LogP contribution in [-0.4, -0.2) is 50.9 Å². The Balaban J connectivity index is 1.23. The molecule has 7 rings (SSSR count). The topological polar surface area (TPSA) is 138 Å². The Morgan fingerprint density at radius 1 is 0.842 bits per heavy atom. The van der Waals surface area contributed by atoms with Gasteiger partial charge in [0.2, 0.25) is 5.66 Å². The molecule has 0 aromatic heterocycles. The minimum atomic E-state index is -2.25. The average Bonchev–Trinajstić information content (AvgIpc) is 3.58. The van der Waals surface area contributed by atoms with Gasteiger partial charge in [-0.3, -0.25) is 10.5 Å². The number of nitrogens with one attached hydrogen (secondary N) is 1. The first-order chi connectivity index (χ1) is 27.6. The van der Waals surface area contributed by atoms with Crippen molar-refractivity contribution in [3.05, 3.63) is 173 Å². The van der Waals surface area contributed by atoms with E-state index in [1.54, 1.807) is 30.3 Å². The van der Waals surface area contributed by atoms with Crippen LogP contribution in [0, 0.1) is 5.41 Å². The average molecular weight is 765 g/mol.